The smallest absolute Gasteiger partial charge is 0.348 e. The zero-order valence-electron chi connectivity index (χ0n) is 13.2. The maximum absolute atomic E-state index is 11.9. The molecule has 0 saturated heterocycles. The number of carbonyl (C=O) groups is 4. The van der Waals surface area contributed by atoms with Crippen molar-refractivity contribution in [2.75, 3.05) is 6.61 Å². The number of allylic oxidation sites excluding steroid dienone is 1. The molecule has 2 atom stereocenters. The second-order valence-electron chi connectivity index (χ2n) is 5.03. The number of hydrogen-bond donors (Lipinski definition) is 0. The third-order valence-corrected chi connectivity index (χ3v) is 3.05. The molecule has 7 heteroatoms. The number of ether oxygens (including phenoxy) is 3. The highest BCUT2D eigenvalue weighted by Crippen LogP contribution is 2.17. The van der Waals surface area contributed by atoms with Gasteiger partial charge in [0.05, 0.1) is 0 Å². The molecule has 0 heterocycles. The zero-order chi connectivity index (χ0) is 17.4. The van der Waals surface area contributed by atoms with Crippen LogP contribution in [0.1, 0.15) is 33.1 Å². The summed E-state index contributed by atoms with van der Waals surface area (Å²) < 4.78 is 14.6. The van der Waals surface area contributed by atoms with Gasteiger partial charge in [-0.2, -0.15) is 0 Å². The van der Waals surface area contributed by atoms with Gasteiger partial charge in [-0.3, -0.25) is 4.79 Å². The van der Waals surface area contributed by atoms with Gasteiger partial charge in [0.15, 0.2) is 18.0 Å². The van der Waals surface area contributed by atoms with Crippen molar-refractivity contribution in [1.82, 2.24) is 0 Å². The van der Waals surface area contributed by atoms with Crippen molar-refractivity contribution in [2.45, 2.75) is 45.3 Å². The lowest BCUT2D eigenvalue weighted by molar-refractivity contribution is -0.175. The van der Waals surface area contributed by atoms with Gasteiger partial charge in [-0.05, 0) is 32.8 Å². The van der Waals surface area contributed by atoms with E-state index in [1.165, 1.54) is 26.0 Å². The molecule has 0 fully saturated rings. The normalized spacial score (nSPS) is 16.6. The van der Waals surface area contributed by atoms with E-state index in [4.69, 9.17) is 14.2 Å². The molecule has 0 saturated carbocycles. The van der Waals surface area contributed by atoms with E-state index in [1.54, 1.807) is 0 Å². The Hall–Kier alpha value is -2.44. The lowest BCUT2D eigenvalue weighted by Crippen LogP contribution is -2.33. The number of rotatable bonds is 7. The minimum Gasteiger partial charge on any atom is -0.459 e. The molecule has 1 aliphatic carbocycles. The van der Waals surface area contributed by atoms with Crippen molar-refractivity contribution in [3.05, 3.63) is 24.3 Å². The summed E-state index contributed by atoms with van der Waals surface area (Å²) in [6.07, 6.45) is 1.70. The summed E-state index contributed by atoms with van der Waals surface area (Å²) in [5.41, 5.74) is 0.236. The van der Waals surface area contributed by atoms with Gasteiger partial charge in [0, 0.05) is 12.0 Å². The number of carbonyl (C=O) groups excluding carboxylic acids is 4. The molecule has 0 aromatic heterocycles. The first-order chi connectivity index (χ1) is 10.8. The fourth-order valence-corrected chi connectivity index (χ4v) is 1.81. The van der Waals surface area contributed by atoms with Crippen molar-refractivity contribution in [1.29, 1.82) is 0 Å². The van der Waals surface area contributed by atoms with Crippen LogP contribution in [0.25, 0.3) is 0 Å². The van der Waals surface area contributed by atoms with E-state index in [1.807, 2.05) is 0 Å². The Labute approximate surface area is 134 Å². The summed E-state index contributed by atoms with van der Waals surface area (Å²) >= 11 is 0. The van der Waals surface area contributed by atoms with Gasteiger partial charge in [0.1, 0.15) is 6.61 Å². The lowest BCUT2D eigenvalue weighted by Gasteiger charge is -2.17. The Bertz CT molecular complexity index is 533. The Morgan fingerprint density at radius 2 is 1.83 bits per heavy atom. The van der Waals surface area contributed by atoms with Crippen LogP contribution in [-0.2, 0) is 33.4 Å². The molecule has 0 N–H and O–H groups in total. The predicted octanol–water partition coefficient (Wildman–Crippen LogP) is 1.26. The average Bonchev–Trinajstić information content (AvgIpc) is 2.52. The van der Waals surface area contributed by atoms with Crippen molar-refractivity contribution in [3.63, 3.8) is 0 Å². The van der Waals surface area contributed by atoms with Crippen molar-refractivity contribution >= 4 is 23.7 Å². The fourth-order valence-electron chi connectivity index (χ4n) is 1.81. The zero-order valence-corrected chi connectivity index (χ0v) is 13.2. The molecule has 0 amide bonds. The van der Waals surface area contributed by atoms with E-state index in [-0.39, 0.29) is 18.0 Å². The van der Waals surface area contributed by atoms with Gasteiger partial charge in [0.2, 0.25) is 0 Å². The van der Waals surface area contributed by atoms with E-state index in [0.29, 0.717) is 19.3 Å². The van der Waals surface area contributed by atoms with Crippen LogP contribution in [0.5, 0.6) is 0 Å². The minimum atomic E-state index is -1.20. The predicted molar refractivity (Wildman–Crippen MR) is 79.2 cm³/mol. The van der Waals surface area contributed by atoms with Gasteiger partial charge in [0.25, 0.3) is 0 Å². The summed E-state index contributed by atoms with van der Waals surface area (Å²) in [5, 5.41) is 0. The molecule has 0 bridgehead atoms. The van der Waals surface area contributed by atoms with Crippen LogP contribution in [0.15, 0.2) is 24.3 Å². The molecule has 0 radical (unpaired) electrons. The lowest BCUT2D eigenvalue weighted by atomic mass is 9.99. The van der Waals surface area contributed by atoms with Gasteiger partial charge < -0.3 is 14.2 Å². The Balaban J connectivity index is 2.50. The highest BCUT2D eigenvalue weighted by atomic mass is 16.6. The molecular formula is C16H20O7. The Morgan fingerprint density at radius 1 is 1.17 bits per heavy atom. The number of ketones is 1. The molecule has 0 aliphatic heterocycles. The van der Waals surface area contributed by atoms with Gasteiger partial charge in [-0.15, -0.1) is 0 Å². The van der Waals surface area contributed by atoms with E-state index >= 15 is 0 Å². The molecule has 0 aromatic rings. The van der Waals surface area contributed by atoms with E-state index < -0.39 is 30.1 Å². The molecule has 0 unspecified atom stereocenters. The number of hydrogen-bond acceptors (Lipinski definition) is 7. The SMILES string of the molecule is C=CCOC(=O)[C@H](C)OC(=O)[C@H](C)OC(=O)C1=CC(=O)CCC1. The first kappa shape index (κ1) is 18.6. The van der Waals surface area contributed by atoms with E-state index in [2.05, 4.69) is 6.58 Å². The van der Waals surface area contributed by atoms with Gasteiger partial charge in [-0.1, -0.05) is 12.7 Å². The Kier molecular flexibility index (Phi) is 7.18. The molecule has 7 nitrogen and oxygen atoms in total. The van der Waals surface area contributed by atoms with Gasteiger partial charge >= 0.3 is 17.9 Å². The average molecular weight is 324 g/mol. The van der Waals surface area contributed by atoms with Crippen molar-refractivity contribution < 1.29 is 33.4 Å². The molecule has 0 spiro atoms. The summed E-state index contributed by atoms with van der Waals surface area (Å²) in [7, 11) is 0. The van der Waals surface area contributed by atoms with E-state index in [0.717, 1.165) is 0 Å². The monoisotopic (exact) mass is 324 g/mol. The van der Waals surface area contributed by atoms with Crippen LogP contribution < -0.4 is 0 Å². The molecule has 23 heavy (non-hydrogen) atoms. The van der Waals surface area contributed by atoms with Crippen molar-refractivity contribution in [3.8, 4) is 0 Å². The largest absolute Gasteiger partial charge is 0.459 e. The summed E-state index contributed by atoms with van der Waals surface area (Å²) in [6, 6.07) is 0. The summed E-state index contributed by atoms with van der Waals surface area (Å²) in [6.45, 7) is 6.07. The molecule has 1 aliphatic rings. The molecular weight excluding hydrogens is 304 g/mol. The highest BCUT2D eigenvalue weighted by molar-refractivity contribution is 6.01. The maximum Gasteiger partial charge on any atom is 0.348 e. The van der Waals surface area contributed by atoms with Crippen LogP contribution in [0.4, 0.5) is 0 Å². The summed E-state index contributed by atoms with van der Waals surface area (Å²) in [4.78, 5) is 46.4. The van der Waals surface area contributed by atoms with Crippen molar-refractivity contribution in [2.24, 2.45) is 0 Å². The second-order valence-corrected chi connectivity index (χ2v) is 5.03. The first-order valence-corrected chi connectivity index (χ1v) is 7.27. The van der Waals surface area contributed by atoms with Crippen LogP contribution in [0, 0.1) is 0 Å². The van der Waals surface area contributed by atoms with Gasteiger partial charge in [-0.25, -0.2) is 14.4 Å². The fraction of sp³-hybridized carbons (Fsp3) is 0.500. The first-order valence-electron chi connectivity index (χ1n) is 7.27. The van der Waals surface area contributed by atoms with Crippen LogP contribution in [-0.4, -0.2) is 42.5 Å². The summed E-state index contributed by atoms with van der Waals surface area (Å²) in [5.74, 6) is -2.47. The van der Waals surface area contributed by atoms with E-state index in [9.17, 15) is 19.2 Å². The third-order valence-electron chi connectivity index (χ3n) is 3.05. The standard InChI is InChI=1S/C16H20O7/c1-4-8-21-14(18)10(2)22-15(19)11(3)23-16(20)12-6-5-7-13(17)9-12/h4,9-11H,1,5-8H2,2-3H3/t10-,11-/m0/s1. The Morgan fingerprint density at radius 3 is 2.43 bits per heavy atom. The van der Waals surface area contributed by atoms with Crippen LogP contribution >= 0.6 is 0 Å². The number of esters is 3. The second kappa shape index (κ2) is 8.87. The quantitative estimate of drug-likeness (QED) is 0.395. The van der Waals surface area contributed by atoms with Crippen LogP contribution in [0.2, 0.25) is 0 Å². The maximum atomic E-state index is 11.9. The van der Waals surface area contributed by atoms with Crippen LogP contribution in [0.3, 0.4) is 0 Å². The molecule has 0 aromatic carbocycles. The third kappa shape index (κ3) is 6.06. The molecule has 126 valence electrons. The highest BCUT2D eigenvalue weighted by Gasteiger charge is 2.27. The minimum absolute atomic E-state index is 0.00739. The molecule has 1 rings (SSSR count). The topological polar surface area (TPSA) is 96.0 Å².